The topological polar surface area (TPSA) is 127 Å². The summed E-state index contributed by atoms with van der Waals surface area (Å²) in [5.41, 5.74) is 0.904. The number of fused-ring (bicyclic) bond motifs is 5. The zero-order valence-electron chi connectivity index (χ0n) is 16.8. The molecule has 0 spiro atoms. The van der Waals surface area contributed by atoms with Crippen LogP contribution in [0.3, 0.4) is 0 Å². The van der Waals surface area contributed by atoms with Crippen LogP contribution in [0.25, 0.3) is 0 Å². The highest BCUT2D eigenvalue weighted by Gasteiger charge is 2.59. The van der Waals surface area contributed by atoms with E-state index in [2.05, 4.69) is 19.9 Å². The fraction of sp³-hybridized carbons (Fsp3) is 0.895. The van der Waals surface area contributed by atoms with Gasteiger partial charge in [-0.25, -0.2) is 8.37 Å². The minimum Gasteiger partial charge on any atom is -0.264 e. The first-order valence-corrected chi connectivity index (χ1v) is 13.1. The zero-order chi connectivity index (χ0) is 21.2. The summed E-state index contributed by atoms with van der Waals surface area (Å²) in [7, 11) is -8.93. The third kappa shape index (κ3) is 3.92. The Bertz CT molecular complexity index is 910. The summed E-state index contributed by atoms with van der Waals surface area (Å²) in [6, 6.07) is 0. The van der Waals surface area contributed by atoms with Crippen molar-refractivity contribution >= 4 is 20.8 Å². The van der Waals surface area contributed by atoms with Crippen LogP contribution in [-0.2, 0) is 29.2 Å². The molecule has 4 rings (SSSR count). The van der Waals surface area contributed by atoms with Gasteiger partial charge in [0.15, 0.2) is 0 Å². The maximum absolute atomic E-state index is 11.3. The molecule has 29 heavy (non-hydrogen) atoms. The molecule has 10 heteroatoms. The number of hydrogen-bond donors (Lipinski definition) is 2. The molecule has 0 aromatic heterocycles. The Morgan fingerprint density at radius 2 is 1.62 bits per heavy atom. The normalized spacial score (nSPS) is 45.1. The van der Waals surface area contributed by atoms with Crippen LogP contribution in [0.2, 0.25) is 0 Å². The van der Waals surface area contributed by atoms with Crippen molar-refractivity contribution in [2.24, 2.45) is 28.6 Å². The quantitative estimate of drug-likeness (QED) is 0.493. The minimum absolute atomic E-state index is 0.0364. The van der Waals surface area contributed by atoms with Gasteiger partial charge in [0, 0.05) is 0 Å². The molecule has 0 aliphatic heterocycles. The van der Waals surface area contributed by atoms with Gasteiger partial charge in [-0.3, -0.25) is 9.11 Å². The fourth-order valence-electron chi connectivity index (χ4n) is 7.14. The van der Waals surface area contributed by atoms with Gasteiger partial charge in [-0.2, -0.15) is 16.8 Å². The summed E-state index contributed by atoms with van der Waals surface area (Å²) in [4.78, 5) is 0. The number of rotatable bonds is 4. The molecule has 4 aliphatic rings. The van der Waals surface area contributed by atoms with Crippen molar-refractivity contribution in [1.29, 1.82) is 0 Å². The molecule has 166 valence electrons. The summed E-state index contributed by atoms with van der Waals surface area (Å²) < 4.78 is 72.9. The van der Waals surface area contributed by atoms with E-state index in [4.69, 9.17) is 12.9 Å². The molecular formula is C19H30O8S2. The maximum atomic E-state index is 11.3. The lowest BCUT2D eigenvalue weighted by Crippen LogP contribution is -2.51. The highest BCUT2D eigenvalue weighted by Crippen LogP contribution is 2.65. The molecular weight excluding hydrogens is 420 g/mol. The van der Waals surface area contributed by atoms with Crippen LogP contribution in [-0.4, -0.2) is 38.1 Å². The Morgan fingerprint density at radius 1 is 0.931 bits per heavy atom. The first kappa shape index (κ1) is 21.7. The molecule has 0 saturated heterocycles. The third-order valence-corrected chi connectivity index (χ3v) is 9.46. The Kier molecular flexibility index (Phi) is 5.24. The van der Waals surface area contributed by atoms with Crippen molar-refractivity contribution in [3.63, 3.8) is 0 Å². The molecule has 8 nitrogen and oxygen atoms in total. The molecule has 0 bridgehead atoms. The second-order valence-electron chi connectivity index (χ2n) is 9.78. The lowest BCUT2D eigenvalue weighted by molar-refractivity contribution is -0.0645. The van der Waals surface area contributed by atoms with Gasteiger partial charge in [0.25, 0.3) is 0 Å². The molecule has 0 aromatic rings. The van der Waals surface area contributed by atoms with Gasteiger partial charge in [-0.1, -0.05) is 25.5 Å². The average Bonchev–Trinajstić information content (AvgIpc) is 2.89. The molecule has 2 N–H and O–H groups in total. The van der Waals surface area contributed by atoms with E-state index in [9.17, 15) is 21.4 Å². The Morgan fingerprint density at radius 3 is 2.28 bits per heavy atom. The number of allylic oxidation sites excluding steroid dienone is 1. The van der Waals surface area contributed by atoms with Crippen LogP contribution in [0.5, 0.6) is 0 Å². The fourth-order valence-corrected chi connectivity index (χ4v) is 8.26. The lowest BCUT2D eigenvalue weighted by atomic mass is 9.48. The molecule has 0 aromatic carbocycles. The molecule has 3 saturated carbocycles. The van der Waals surface area contributed by atoms with E-state index in [0.29, 0.717) is 37.0 Å². The highest BCUT2D eigenvalue weighted by atomic mass is 32.3. The van der Waals surface area contributed by atoms with E-state index in [-0.39, 0.29) is 10.8 Å². The van der Waals surface area contributed by atoms with Crippen LogP contribution in [0.15, 0.2) is 11.6 Å². The van der Waals surface area contributed by atoms with Crippen LogP contribution in [0.4, 0.5) is 0 Å². The molecule has 0 amide bonds. The van der Waals surface area contributed by atoms with Gasteiger partial charge >= 0.3 is 20.8 Å². The highest BCUT2D eigenvalue weighted by molar-refractivity contribution is 7.81. The molecule has 3 fully saturated rings. The van der Waals surface area contributed by atoms with E-state index < -0.39 is 33.0 Å². The molecule has 7 atom stereocenters. The van der Waals surface area contributed by atoms with Crippen molar-refractivity contribution in [2.75, 3.05) is 0 Å². The Labute approximate surface area is 172 Å². The van der Waals surface area contributed by atoms with Crippen LogP contribution in [0, 0.1) is 28.6 Å². The van der Waals surface area contributed by atoms with E-state index in [0.717, 1.165) is 32.1 Å². The number of hydrogen-bond acceptors (Lipinski definition) is 6. The summed E-state index contributed by atoms with van der Waals surface area (Å²) in [6.45, 7) is 4.35. The van der Waals surface area contributed by atoms with Gasteiger partial charge < -0.3 is 0 Å². The van der Waals surface area contributed by atoms with Crippen molar-refractivity contribution < 1.29 is 34.3 Å². The third-order valence-electron chi connectivity index (χ3n) is 8.47. The lowest BCUT2D eigenvalue weighted by Gasteiger charge is -2.57. The summed E-state index contributed by atoms with van der Waals surface area (Å²) in [5, 5.41) is 0. The van der Waals surface area contributed by atoms with E-state index in [1.807, 2.05) is 0 Å². The standard InChI is InChI=1S/C19H30O8S2/c1-18-9-7-13(26-28(20,21)22)11-12(18)3-4-14-15-5-6-17(27-29(23,24)25)19(15,2)10-8-16(14)18/h3,13-17H,4-11H2,1-2H3,(H,20,21,22)(H,23,24,25)/t13?,14-,15-,16-,17-,18-,19-/m0/s1. The van der Waals surface area contributed by atoms with Gasteiger partial charge in [0.1, 0.15) is 0 Å². The largest absolute Gasteiger partial charge is 0.397 e. The molecule has 0 heterocycles. The van der Waals surface area contributed by atoms with Crippen molar-refractivity contribution in [1.82, 2.24) is 0 Å². The molecule has 1 unspecified atom stereocenters. The van der Waals surface area contributed by atoms with Gasteiger partial charge in [0.2, 0.25) is 0 Å². The Hall–Kier alpha value is -0.520. The van der Waals surface area contributed by atoms with Crippen LogP contribution >= 0.6 is 0 Å². The van der Waals surface area contributed by atoms with Crippen molar-refractivity contribution in [3.8, 4) is 0 Å². The van der Waals surface area contributed by atoms with Crippen molar-refractivity contribution in [2.45, 2.75) is 77.4 Å². The monoisotopic (exact) mass is 450 g/mol. The smallest absolute Gasteiger partial charge is 0.264 e. The average molecular weight is 451 g/mol. The SMILES string of the molecule is C[C@]12CC[C@H]3[C@@H](CC=C4CC(OS(=O)(=O)O)CC[C@@]43C)[C@@H]1CC[C@@H]2OS(=O)(=O)O. The molecule has 0 radical (unpaired) electrons. The first-order chi connectivity index (χ1) is 13.3. The summed E-state index contributed by atoms with van der Waals surface area (Å²) in [6.07, 6.45) is 7.25. The predicted molar refractivity (Wildman–Crippen MR) is 105 cm³/mol. The second kappa shape index (κ2) is 7.00. The zero-order valence-corrected chi connectivity index (χ0v) is 18.4. The van der Waals surface area contributed by atoms with Gasteiger partial charge in [0.05, 0.1) is 12.2 Å². The van der Waals surface area contributed by atoms with Crippen LogP contribution < -0.4 is 0 Å². The molecule has 4 aliphatic carbocycles. The van der Waals surface area contributed by atoms with E-state index >= 15 is 0 Å². The van der Waals surface area contributed by atoms with E-state index in [1.165, 1.54) is 5.57 Å². The summed E-state index contributed by atoms with van der Waals surface area (Å²) >= 11 is 0. The second-order valence-corrected chi connectivity index (χ2v) is 11.9. The van der Waals surface area contributed by atoms with E-state index in [1.54, 1.807) is 0 Å². The van der Waals surface area contributed by atoms with Crippen molar-refractivity contribution in [3.05, 3.63) is 11.6 Å². The predicted octanol–water partition coefficient (Wildman–Crippen LogP) is 3.33. The van der Waals surface area contributed by atoms with Gasteiger partial charge in [-0.05, 0) is 80.0 Å². The minimum atomic E-state index is -4.47. The Balaban J connectivity index is 1.56. The maximum Gasteiger partial charge on any atom is 0.397 e. The van der Waals surface area contributed by atoms with Gasteiger partial charge in [-0.15, -0.1) is 0 Å². The first-order valence-electron chi connectivity index (χ1n) is 10.3. The summed E-state index contributed by atoms with van der Waals surface area (Å²) in [5.74, 6) is 1.18. The van der Waals surface area contributed by atoms with Crippen LogP contribution in [0.1, 0.15) is 65.2 Å².